The first kappa shape index (κ1) is 17.0. The van der Waals surface area contributed by atoms with Crippen molar-refractivity contribution in [1.29, 1.82) is 0 Å². The Morgan fingerprint density at radius 3 is 1.88 bits per heavy atom. The molecule has 10 N–H and O–H groups in total. The van der Waals surface area contributed by atoms with Crippen molar-refractivity contribution in [3.63, 3.8) is 0 Å². The second kappa shape index (κ2) is 5.88. The fraction of sp³-hybridized carbons (Fsp3) is 0.143. The van der Waals surface area contributed by atoms with Gasteiger partial charge in [0, 0.05) is 11.4 Å². The van der Waals surface area contributed by atoms with Crippen LogP contribution in [-0.2, 0) is 18.8 Å². The molecule has 0 radical (unpaired) electrons. The monoisotopic (exact) mass is 366 g/mol. The van der Waals surface area contributed by atoms with Gasteiger partial charge < -0.3 is 33.6 Å². The molecule has 1 aliphatic heterocycles. The summed E-state index contributed by atoms with van der Waals surface area (Å²) in [5.41, 5.74) is 25.6. The van der Waals surface area contributed by atoms with Gasteiger partial charge in [-0.25, -0.2) is 0 Å². The Labute approximate surface area is 144 Å². The summed E-state index contributed by atoms with van der Waals surface area (Å²) >= 11 is 0. The smallest absolute Gasteiger partial charge is 0.399 e. The summed E-state index contributed by atoms with van der Waals surface area (Å²) < 4.78 is 32.5. The predicted octanol–water partition coefficient (Wildman–Crippen LogP) is 0.485. The van der Waals surface area contributed by atoms with Gasteiger partial charge in [-0.3, -0.25) is 0 Å². The van der Waals surface area contributed by atoms with Crippen LogP contribution in [0.5, 0.6) is 0 Å². The van der Waals surface area contributed by atoms with Crippen molar-refractivity contribution in [1.82, 2.24) is 0 Å². The van der Waals surface area contributed by atoms with Crippen molar-refractivity contribution in [2.45, 2.75) is 5.91 Å². The Kier molecular flexibility index (Phi) is 3.99. The van der Waals surface area contributed by atoms with E-state index in [0.29, 0.717) is 34.1 Å². The van der Waals surface area contributed by atoms with Crippen LogP contribution in [-0.4, -0.2) is 20.9 Å². The van der Waals surface area contributed by atoms with Crippen molar-refractivity contribution < 1.29 is 16.8 Å². The maximum absolute atomic E-state index is 11.3. The Morgan fingerprint density at radius 1 is 0.880 bits per heavy atom. The third-order valence-corrected chi connectivity index (χ3v) is 4.41. The molecule has 10 nitrogen and oxygen atoms in total. The van der Waals surface area contributed by atoms with Crippen molar-refractivity contribution in [2.24, 2.45) is 0 Å². The number of rotatable bonds is 5. The van der Waals surface area contributed by atoms with Gasteiger partial charge in [-0.2, -0.15) is 16.8 Å². The molecule has 2 aromatic rings. The fourth-order valence-corrected chi connectivity index (χ4v) is 3.21. The summed E-state index contributed by atoms with van der Waals surface area (Å²) in [5.74, 6) is -1.67. The molecule has 134 valence electrons. The molecule has 2 aromatic carbocycles. The number of hydrogen-bond donors (Lipinski definition) is 6. The molecule has 0 aromatic heterocycles. The van der Waals surface area contributed by atoms with E-state index in [0.717, 1.165) is 0 Å². The van der Waals surface area contributed by atoms with Gasteiger partial charge in [0.15, 0.2) is 0 Å². The average molecular weight is 366 g/mol. The maximum atomic E-state index is 11.3. The summed E-state index contributed by atoms with van der Waals surface area (Å²) in [7, 11) is -4.07. The molecule has 0 saturated carbocycles. The van der Waals surface area contributed by atoms with E-state index in [-0.39, 0.29) is 6.54 Å². The molecular weight excluding hydrogens is 348 g/mol. The molecule has 0 bridgehead atoms. The Hall–Kier alpha value is -2.89. The molecule has 1 heterocycles. The second-order valence-electron chi connectivity index (χ2n) is 5.50. The number of nitrogen functional groups attached to an aromatic ring is 4. The lowest BCUT2D eigenvalue weighted by Gasteiger charge is -2.40. The van der Waals surface area contributed by atoms with Crippen molar-refractivity contribution in [2.75, 3.05) is 40.1 Å². The van der Waals surface area contributed by atoms with E-state index in [9.17, 15) is 8.42 Å². The molecule has 11 heteroatoms. The van der Waals surface area contributed by atoms with E-state index in [4.69, 9.17) is 31.3 Å². The Morgan fingerprint density at radius 2 is 1.40 bits per heavy atom. The Bertz CT molecular complexity index is 906. The van der Waals surface area contributed by atoms with Crippen molar-refractivity contribution in [3.8, 4) is 0 Å². The molecule has 0 amide bonds. The van der Waals surface area contributed by atoms with Gasteiger partial charge in [0.05, 0.1) is 29.3 Å². The SMILES string of the molecule is Nc1ccc(NCC2(Nc3ccc(N)cc3N)OS(=O)(=O)O2)c(N)c1. The highest BCUT2D eigenvalue weighted by Crippen LogP contribution is 2.35. The van der Waals surface area contributed by atoms with Crippen molar-refractivity contribution >= 4 is 44.5 Å². The second-order valence-corrected chi connectivity index (χ2v) is 6.65. The van der Waals surface area contributed by atoms with Crippen LogP contribution in [0.15, 0.2) is 36.4 Å². The van der Waals surface area contributed by atoms with E-state index in [2.05, 4.69) is 10.6 Å². The van der Waals surface area contributed by atoms with Crippen LogP contribution in [0.1, 0.15) is 0 Å². The van der Waals surface area contributed by atoms with Gasteiger partial charge >= 0.3 is 16.3 Å². The summed E-state index contributed by atoms with van der Waals surface area (Å²) in [5, 5.41) is 5.76. The van der Waals surface area contributed by atoms with E-state index in [1.54, 1.807) is 30.3 Å². The van der Waals surface area contributed by atoms with Crippen LogP contribution in [0.2, 0.25) is 0 Å². The standard InChI is InChI=1S/C14H18N6O4S/c15-8-1-3-12(10(17)5-8)19-7-14(23-25(21,22)24-14)20-13-4-2-9(16)6-11(13)18/h1-6,19-20H,7,15-18H2. The van der Waals surface area contributed by atoms with Crippen LogP contribution in [0.3, 0.4) is 0 Å². The molecule has 1 fully saturated rings. The molecule has 0 atom stereocenters. The molecule has 0 spiro atoms. The zero-order valence-electron chi connectivity index (χ0n) is 13.0. The summed E-state index contributed by atoms with van der Waals surface area (Å²) in [4.78, 5) is 0. The van der Waals surface area contributed by atoms with Crippen LogP contribution in [0.4, 0.5) is 34.1 Å². The lowest BCUT2D eigenvalue weighted by atomic mass is 10.2. The molecular formula is C14H18N6O4S. The van der Waals surface area contributed by atoms with Gasteiger partial charge in [0.25, 0.3) is 0 Å². The van der Waals surface area contributed by atoms with Gasteiger partial charge in [-0.05, 0) is 36.4 Å². The predicted molar refractivity (Wildman–Crippen MR) is 96.5 cm³/mol. The first-order valence-corrected chi connectivity index (χ1v) is 8.50. The summed E-state index contributed by atoms with van der Waals surface area (Å²) in [6, 6.07) is 9.58. The number of hydrogen-bond acceptors (Lipinski definition) is 10. The first-order chi connectivity index (χ1) is 11.7. The quantitative estimate of drug-likeness (QED) is 0.407. The van der Waals surface area contributed by atoms with Gasteiger partial charge in [0.2, 0.25) is 0 Å². The highest BCUT2D eigenvalue weighted by Gasteiger charge is 2.53. The molecule has 3 rings (SSSR count). The fourth-order valence-electron chi connectivity index (χ4n) is 2.33. The Balaban J connectivity index is 1.79. The number of nitrogens with one attached hydrogen (secondary N) is 2. The maximum Gasteiger partial charge on any atom is 0.408 e. The summed E-state index contributed by atoms with van der Waals surface area (Å²) in [6.45, 7) is -0.0792. The number of anilines is 6. The van der Waals surface area contributed by atoms with E-state index in [1.165, 1.54) is 6.07 Å². The van der Waals surface area contributed by atoms with Gasteiger partial charge in [-0.15, -0.1) is 0 Å². The first-order valence-electron chi connectivity index (χ1n) is 7.16. The molecule has 0 aliphatic carbocycles. The minimum atomic E-state index is -4.07. The minimum Gasteiger partial charge on any atom is -0.399 e. The van der Waals surface area contributed by atoms with E-state index < -0.39 is 16.3 Å². The molecule has 25 heavy (non-hydrogen) atoms. The van der Waals surface area contributed by atoms with Crippen LogP contribution < -0.4 is 33.6 Å². The average Bonchev–Trinajstić information content (AvgIpc) is 2.47. The van der Waals surface area contributed by atoms with Crippen molar-refractivity contribution in [3.05, 3.63) is 36.4 Å². The van der Waals surface area contributed by atoms with E-state index >= 15 is 0 Å². The van der Waals surface area contributed by atoms with Gasteiger partial charge in [0.1, 0.15) is 0 Å². The van der Waals surface area contributed by atoms with Crippen LogP contribution >= 0.6 is 0 Å². The lowest BCUT2D eigenvalue weighted by molar-refractivity contribution is -0.153. The minimum absolute atomic E-state index is 0.0792. The molecule has 1 aliphatic rings. The third-order valence-electron chi connectivity index (χ3n) is 3.46. The number of nitrogens with two attached hydrogens (primary N) is 4. The molecule has 1 saturated heterocycles. The highest BCUT2D eigenvalue weighted by molar-refractivity contribution is 7.82. The zero-order chi connectivity index (χ0) is 18.2. The molecule has 0 unspecified atom stereocenters. The lowest BCUT2D eigenvalue weighted by Crippen LogP contribution is -2.60. The highest BCUT2D eigenvalue weighted by atomic mass is 32.3. The topological polar surface area (TPSA) is 181 Å². The van der Waals surface area contributed by atoms with Crippen LogP contribution in [0.25, 0.3) is 0 Å². The van der Waals surface area contributed by atoms with E-state index in [1.807, 2.05) is 0 Å². The third kappa shape index (κ3) is 3.63. The number of benzene rings is 2. The zero-order valence-corrected chi connectivity index (χ0v) is 13.8. The van der Waals surface area contributed by atoms with Crippen LogP contribution in [0, 0.1) is 0 Å². The normalized spacial score (nSPS) is 17.4. The largest absolute Gasteiger partial charge is 0.408 e. The van der Waals surface area contributed by atoms with Gasteiger partial charge in [-0.1, -0.05) is 0 Å². The summed E-state index contributed by atoms with van der Waals surface area (Å²) in [6.07, 6.45) is 0.